The second-order valence-corrected chi connectivity index (χ2v) is 5.83. The number of para-hydroxylation sites is 2. The van der Waals surface area contributed by atoms with Crippen molar-refractivity contribution >= 4 is 6.03 Å². The molecule has 0 aliphatic carbocycles. The number of hydrogen-bond acceptors (Lipinski definition) is 5. The van der Waals surface area contributed by atoms with Crippen LogP contribution in [0.4, 0.5) is 4.79 Å². The van der Waals surface area contributed by atoms with Crippen molar-refractivity contribution in [3.05, 3.63) is 24.3 Å². The molecule has 0 bridgehead atoms. The molecule has 2 aliphatic heterocycles. The lowest BCUT2D eigenvalue weighted by atomic mass is 10.0. The minimum Gasteiger partial charge on any atom is -0.493 e. The molecule has 2 fully saturated rings. The molecule has 2 saturated heterocycles. The van der Waals surface area contributed by atoms with Crippen LogP contribution in [0.2, 0.25) is 0 Å². The van der Waals surface area contributed by atoms with Crippen LogP contribution in [0.5, 0.6) is 11.5 Å². The van der Waals surface area contributed by atoms with Crippen LogP contribution in [0.15, 0.2) is 24.3 Å². The van der Waals surface area contributed by atoms with E-state index in [9.17, 15) is 4.79 Å². The van der Waals surface area contributed by atoms with Crippen LogP contribution in [0, 0.1) is 0 Å². The highest BCUT2D eigenvalue weighted by Gasteiger charge is 2.40. The minimum absolute atomic E-state index is 0.0773. The van der Waals surface area contributed by atoms with Gasteiger partial charge in [0.25, 0.3) is 0 Å². The first-order chi connectivity index (χ1) is 11.7. The second kappa shape index (κ2) is 7.72. The normalized spacial score (nSPS) is 19.3. The molecule has 1 aromatic rings. The molecular formula is C17H24N2O5. The van der Waals surface area contributed by atoms with Gasteiger partial charge in [0.05, 0.1) is 26.9 Å². The third-order valence-electron chi connectivity index (χ3n) is 4.33. The van der Waals surface area contributed by atoms with Crippen LogP contribution in [0.1, 0.15) is 12.8 Å². The number of likely N-dealkylation sites (tertiary alicyclic amines) is 1. The smallest absolute Gasteiger partial charge is 0.317 e. The van der Waals surface area contributed by atoms with Gasteiger partial charge < -0.3 is 29.2 Å². The van der Waals surface area contributed by atoms with E-state index in [2.05, 4.69) is 5.32 Å². The zero-order valence-corrected chi connectivity index (χ0v) is 14.0. The number of urea groups is 1. The zero-order chi connectivity index (χ0) is 16.8. The second-order valence-electron chi connectivity index (χ2n) is 5.83. The van der Waals surface area contributed by atoms with Gasteiger partial charge in [-0.25, -0.2) is 4.79 Å². The van der Waals surface area contributed by atoms with Crippen molar-refractivity contribution in [2.45, 2.75) is 18.6 Å². The van der Waals surface area contributed by atoms with Gasteiger partial charge in [0.2, 0.25) is 0 Å². The average Bonchev–Trinajstić information content (AvgIpc) is 3.07. The Morgan fingerprint density at radius 3 is 2.54 bits per heavy atom. The number of carbonyl (C=O) groups is 1. The highest BCUT2D eigenvalue weighted by Crippen LogP contribution is 2.31. The van der Waals surface area contributed by atoms with Crippen molar-refractivity contribution in [3.8, 4) is 11.5 Å². The molecule has 0 unspecified atom stereocenters. The molecule has 0 radical (unpaired) electrons. The average molecular weight is 336 g/mol. The summed E-state index contributed by atoms with van der Waals surface area (Å²) in [7, 11) is 1.60. The third kappa shape index (κ3) is 3.91. The number of benzene rings is 1. The number of nitrogens with zero attached hydrogens (tertiary/aromatic N) is 1. The molecule has 132 valence electrons. The summed E-state index contributed by atoms with van der Waals surface area (Å²) in [4.78, 5) is 14.0. The highest BCUT2D eigenvalue weighted by atomic mass is 16.7. The molecule has 1 N–H and O–H groups in total. The first kappa shape index (κ1) is 16.9. The van der Waals surface area contributed by atoms with E-state index in [1.165, 1.54) is 0 Å². The summed E-state index contributed by atoms with van der Waals surface area (Å²) in [5, 5.41) is 2.88. The minimum atomic E-state index is -0.455. The summed E-state index contributed by atoms with van der Waals surface area (Å²) in [6.07, 6.45) is 1.44. The summed E-state index contributed by atoms with van der Waals surface area (Å²) in [5.41, 5.74) is 0. The molecule has 24 heavy (non-hydrogen) atoms. The van der Waals surface area contributed by atoms with Gasteiger partial charge in [0.15, 0.2) is 17.3 Å². The van der Waals surface area contributed by atoms with E-state index in [0.717, 1.165) is 12.8 Å². The summed E-state index contributed by atoms with van der Waals surface area (Å²) in [6, 6.07) is 7.37. The number of piperidine rings is 1. The first-order valence-corrected chi connectivity index (χ1v) is 8.29. The Morgan fingerprint density at radius 1 is 1.21 bits per heavy atom. The molecule has 0 aromatic heterocycles. The Bertz CT molecular complexity index is 550. The van der Waals surface area contributed by atoms with Gasteiger partial charge in [-0.05, 0) is 12.1 Å². The zero-order valence-electron chi connectivity index (χ0n) is 14.0. The first-order valence-electron chi connectivity index (χ1n) is 8.29. The fraction of sp³-hybridized carbons (Fsp3) is 0.588. The topological polar surface area (TPSA) is 69.3 Å². The number of rotatable bonds is 5. The Balaban J connectivity index is 1.37. The Kier molecular flexibility index (Phi) is 5.42. The van der Waals surface area contributed by atoms with Crippen molar-refractivity contribution < 1.29 is 23.7 Å². The Morgan fingerprint density at radius 2 is 1.88 bits per heavy atom. The molecule has 0 atom stereocenters. The number of hydrogen-bond donors (Lipinski definition) is 1. The van der Waals surface area contributed by atoms with Crippen molar-refractivity contribution in [1.29, 1.82) is 0 Å². The van der Waals surface area contributed by atoms with Gasteiger partial charge in [0.1, 0.15) is 6.61 Å². The molecule has 2 amide bonds. The molecule has 2 heterocycles. The predicted octanol–water partition coefficient (Wildman–Crippen LogP) is 1.62. The van der Waals surface area contributed by atoms with E-state index < -0.39 is 5.79 Å². The lowest BCUT2D eigenvalue weighted by molar-refractivity contribution is -0.181. The molecule has 1 aromatic carbocycles. The Labute approximate surface area is 141 Å². The maximum atomic E-state index is 12.2. The molecule has 0 saturated carbocycles. The van der Waals surface area contributed by atoms with Gasteiger partial charge in [-0.1, -0.05) is 12.1 Å². The molecule has 7 heteroatoms. The molecule has 3 rings (SSSR count). The fourth-order valence-corrected chi connectivity index (χ4v) is 3.00. The van der Waals surface area contributed by atoms with Crippen LogP contribution in [0.3, 0.4) is 0 Å². The molecule has 2 aliphatic rings. The molecule has 7 nitrogen and oxygen atoms in total. The monoisotopic (exact) mass is 336 g/mol. The Hall–Kier alpha value is -1.99. The van der Waals surface area contributed by atoms with E-state index in [4.69, 9.17) is 18.9 Å². The number of carbonyl (C=O) groups excluding carboxylic acids is 1. The quantitative estimate of drug-likeness (QED) is 0.828. The molecular weight excluding hydrogens is 312 g/mol. The number of nitrogens with one attached hydrogen (secondary N) is 1. The van der Waals surface area contributed by atoms with Gasteiger partial charge >= 0.3 is 6.03 Å². The maximum Gasteiger partial charge on any atom is 0.317 e. The number of amides is 2. The SMILES string of the molecule is COc1ccccc1OCCNC(=O)N1CCC2(CC1)OCCO2. The van der Waals surface area contributed by atoms with E-state index >= 15 is 0 Å². The van der Waals surface area contributed by atoms with E-state index in [1.807, 2.05) is 24.3 Å². The van der Waals surface area contributed by atoms with E-state index in [0.29, 0.717) is 51.0 Å². The summed E-state index contributed by atoms with van der Waals surface area (Å²) in [5.74, 6) is 0.899. The third-order valence-corrected chi connectivity index (χ3v) is 4.33. The van der Waals surface area contributed by atoms with Gasteiger partial charge in [-0.3, -0.25) is 0 Å². The lowest BCUT2D eigenvalue weighted by Gasteiger charge is -2.37. The van der Waals surface area contributed by atoms with Crippen molar-refractivity contribution in [2.24, 2.45) is 0 Å². The van der Waals surface area contributed by atoms with Gasteiger partial charge in [0, 0.05) is 25.9 Å². The van der Waals surface area contributed by atoms with Crippen LogP contribution in [-0.4, -0.2) is 63.3 Å². The summed E-state index contributed by atoms with van der Waals surface area (Å²) >= 11 is 0. The maximum absolute atomic E-state index is 12.2. The lowest BCUT2D eigenvalue weighted by Crippen LogP contribution is -2.50. The number of ether oxygens (including phenoxy) is 4. The van der Waals surface area contributed by atoms with Crippen LogP contribution in [-0.2, 0) is 9.47 Å². The largest absolute Gasteiger partial charge is 0.493 e. The predicted molar refractivity (Wildman–Crippen MR) is 87.3 cm³/mol. The highest BCUT2D eigenvalue weighted by molar-refractivity contribution is 5.74. The number of methoxy groups -OCH3 is 1. The van der Waals surface area contributed by atoms with Crippen LogP contribution >= 0.6 is 0 Å². The van der Waals surface area contributed by atoms with E-state index in [-0.39, 0.29) is 6.03 Å². The van der Waals surface area contributed by atoms with Gasteiger partial charge in [-0.2, -0.15) is 0 Å². The molecule has 1 spiro atoms. The van der Waals surface area contributed by atoms with Crippen LogP contribution < -0.4 is 14.8 Å². The van der Waals surface area contributed by atoms with Crippen molar-refractivity contribution in [3.63, 3.8) is 0 Å². The summed E-state index contributed by atoms with van der Waals surface area (Å²) in [6.45, 7) is 3.39. The summed E-state index contributed by atoms with van der Waals surface area (Å²) < 4.78 is 22.2. The van der Waals surface area contributed by atoms with E-state index in [1.54, 1.807) is 12.0 Å². The van der Waals surface area contributed by atoms with Crippen LogP contribution in [0.25, 0.3) is 0 Å². The fourth-order valence-electron chi connectivity index (χ4n) is 3.00. The standard InChI is InChI=1S/C17H24N2O5/c1-21-14-4-2-3-5-15(14)22-11-8-18-16(20)19-9-6-17(7-10-19)23-12-13-24-17/h2-5H,6-13H2,1H3,(H,18,20). The van der Waals surface area contributed by atoms with Crippen molar-refractivity contribution in [2.75, 3.05) is 46.6 Å². The van der Waals surface area contributed by atoms with Gasteiger partial charge in [-0.15, -0.1) is 0 Å². The van der Waals surface area contributed by atoms with Crippen molar-refractivity contribution in [1.82, 2.24) is 10.2 Å².